The summed E-state index contributed by atoms with van der Waals surface area (Å²) in [6.45, 7) is 0. The number of urea groups is 1. The molecular formula is C35H25N3O11. The van der Waals surface area contributed by atoms with E-state index in [1.807, 2.05) is 0 Å². The van der Waals surface area contributed by atoms with Crippen molar-refractivity contribution >= 4 is 35.3 Å². The lowest BCUT2D eigenvalue weighted by atomic mass is 9.95. The smallest absolute Gasteiger partial charge is 0.343 e. The Morgan fingerprint density at radius 2 is 1.37 bits per heavy atom. The number of hydrogen-bond donors (Lipinski definition) is 7. The van der Waals surface area contributed by atoms with Crippen LogP contribution in [-0.4, -0.2) is 60.1 Å². The summed E-state index contributed by atoms with van der Waals surface area (Å²) in [5.74, 6) is -7.66. The molecule has 0 aliphatic carbocycles. The molecule has 1 aliphatic heterocycles. The molecule has 14 nitrogen and oxygen atoms in total. The lowest BCUT2D eigenvalue weighted by Crippen LogP contribution is -2.30. The third kappa shape index (κ3) is 7.39. The molecule has 14 heteroatoms. The highest BCUT2D eigenvalue weighted by Crippen LogP contribution is 2.35. The number of para-hydroxylation sites is 1. The van der Waals surface area contributed by atoms with Crippen LogP contribution in [0, 0.1) is 0 Å². The summed E-state index contributed by atoms with van der Waals surface area (Å²) >= 11 is 0. The first-order valence-electron chi connectivity index (χ1n) is 14.2. The second-order valence-corrected chi connectivity index (χ2v) is 10.2. The first-order chi connectivity index (χ1) is 23.4. The van der Waals surface area contributed by atoms with Gasteiger partial charge in [-0.05, 0) is 72.8 Å². The average molecular weight is 664 g/mol. The minimum atomic E-state index is -1.55. The number of carbonyl (C=O) groups excluding carboxylic acids is 4. The number of aromatic carboxylic acids is 1. The summed E-state index contributed by atoms with van der Waals surface area (Å²) in [5.41, 5.74) is -2.17. The van der Waals surface area contributed by atoms with Gasteiger partial charge in [-0.1, -0.05) is 24.3 Å². The fraction of sp³-hybridized carbons (Fsp3) is 0. The van der Waals surface area contributed by atoms with Crippen LogP contribution in [0.4, 0.5) is 10.5 Å². The summed E-state index contributed by atoms with van der Waals surface area (Å²) in [6, 6.07) is 17.9. The largest absolute Gasteiger partial charge is 0.508 e. The lowest BCUT2D eigenvalue weighted by molar-refractivity contribution is 0.0624. The molecule has 0 atom stereocenters. The zero-order valence-electron chi connectivity index (χ0n) is 25.0. The van der Waals surface area contributed by atoms with Crippen molar-refractivity contribution in [1.29, 1.82) is 0 Å². The summed E-state index contributed by atoms with van der Waals surface area (Å²) in [6.07, 6.45) is 5.07. The predicted molar refractivity (Wildman–Crippen MR) is 172 cm³/mol. The Morgan fingerprint density at radius 3 is 2.02 bits per heavy atom. The number of amides is 3. The maximum Gasteiger partial charge on any atom is 0.343 e. The average Bonchev–Trinajstić information content (AvgIpc) is 3.26. The standard InChI is InChI=1S/C35H25N3O11/c39-22-13-11-19(12-14-22)32(44)37-24-18-38(35(48)36-21-6-2-1-3-7-21)15-5-10-28(24)49-34(47)20-16-26(41)30(27(42)17-20)31(43)29-23(33(45)46)8-4-9-25(29)40/h1-18,39-42H,(H,36,48)(H,37,44)(H,45,46). The Bertz CT molecular complexity index is 2060. The van der Waals surface area contributed by atoms with Crippen LogP contribution in [0.3, 0.4) is 0 Å². The number of nitrogens with one attached hydrogen (secondary N) is 2. The summed E-state index contributed by atoms with van der Waals surface area (Å²) in [7, 11) is 0. The van der Waals surface area contributed by atoms with Gasteiger partial charge in [0.2, 0.25) is 5.78 Å². The van der Waals surface area contributed by atoms with E-state index in [4.69, 9.17) is 4.74 Å². The van der Waals surface area contributed by atoms with Crippen LogP contribution in [0.1, 0.15) is 47.0 Å². The van der Waals surface area contributed by atoms with E-state index in [-0.39, 0.29) is 22.8 Å². The van der Waals surface area contributed by atoms with Crippen molar-refractivity contribution in [1.82, 2.24) is 10.2 Å². The van der Waals surface area contributed by atoms with Crippen LogP contribution in [0.2, 0.25) is 0 Å². The predicted octanol–water partition coefficient (Wildman–Crippen LogP) is 4.81. The highest BCUT2D eigenvalue weighted by Gasteiger charge is 2.28. The number of ether oxygens (including phenoxy) is 1. The van der Waals surface area contributed by atoms with Crippen LogP contribution in [0.5, 0.6) is 23.0 Å². The molecule has 4 aromatic rings. The number of phenolic OH excluding ortho intramolecular Hbond substituents is 4. The monoisotopic (exact) mass is 663 g/mol. The fourth-order valence-corrected chi connectivity index (χ4v) is 4.59. The number of anilines is 1. The van der Waals surface area contributed by atoms with Crippen molar-refractivity contribution < 1.29 is 54.2 Å². The summed E-state index contributed by atoms with van der Waals surface area (Å²) in [4.78, 5) is 65.4. The molecule has 0 saturated heterocycles. The molecule has 49 heavy (non-hydrogen) atoms. The third-order valence-electron chi connectivity index (χ3n) is 6.93. The maximum absolute atomic E-state index is 13.3. The molecule has 0 bridgehead atoms. The van der Waals surface area contributed by atoms with E-state index in [0.29, 0.717) is 5.69 Å². The zero-order valence-corrected chi connectivity index (χ0v) is 25.0. The van der Waals surface area contributed by atoms with E-state index in [1.54, 1.807) is 30.3 Å². The summed E-state index contributed by atoms with van der Waals surface area (Å²) < 4.78 is 5.50. The SMILES string of the molecule is O=C(NC1=CN(C(=O)Nc2ccccc2)C=CC=C1OC(=O)c1cc(O)c(C(=O)c2c(O)cccc2C(=O)O)c(O)c1)c1ccc(O)cc1. The van der Waals surface area contributed by atoms with Gasteiger partial charge in [0.05, 0.1) is 16.7 Å². The molecule has 246 valence electrons. The van der Waals surface area contributed by atoms with Crippen LogP contribution in [-0.2, 0) is 4.74 Å². The topological polar surface area (TPSA) is 223 Å². The van der Waals surface area contributed by atoms with Gasteiger partial charge in [-0.25, -0.2) is 14.4 Å². The second-order valence-electron chi connectivity index (χ2n) is 10.2. The molecule has 0 saturated carbocycles. The van der Waals surface area contributed by atoms with E-state index < -0.39 is 69.2 Å². The fourth-order valence-electron chi connectivity index (χ4n) is 4.59. The van der Waals surface area contributed by atoms with Crippen molar-refractivity contribution in [3.63, 3.8) is 0 Å². The molecule has 4 aromatic carbocycles. The van der Waals surface area contributed by atoms with Crippen LogP contribution in [0.25, 0.3) is 0 Å². The van der Waals surface area contributed by atoms with Gasteiger partial charge in [0.25, 0.3) is 5.91 Å². The van der Waals surface area contributed by atoms with E-state index >= 15 is 0 Å². The molecule has 0 unspecified atom stereocenters. The molecule has 0 radical (unpaired) electrons. The molecule has 5 rings (SSSR count). The van der Waals surface area contributed by atoms with Gasteiger partial charge < -0.3 is 40.9 Å². The van der Waals surface area contributed by atoms with E-state index in [2.05, 4.69) is 10.6 Å². The minimum absolute atomic E-state index is 0.0881. The molecule has 1 aliphatic rings. The molecular weight excluding hydrogens is 638 g/mol. The van der Waals surface area contributed by atoms with Crippen molar-refractivity contribution in [3.05, 3.63) is 149 Å². The Hall–Kier alpha value is -7.35. The van der Waals surface area contributed by atoms with Gasteiger partial charge >= 0.3 is 18.0 Å². The van der Waals surface area contributed by atoms with Crippen LogP contribution >= 0.6 is 0 Å². The zero-order chi connectivity index (χ0) is 35.2. The second kappa shape index (κ2) is 14.0. The number of phenols is 4. The normalized spacial score (nSPS) is 12.2. The number of nitrogens with zero attached hydrogens (tertiary/aromatic N) is 1. The van der Waals surface area contributed by atoms with Gasteiger partial charge in [0.15, 0.2) is 5.76 Å². The van der Waals surface area contributed by atoms with Gasteiger partial charge in [0, 0.05) is 23.7 Å². The number of aromatic hydroxyl groups is 4. The van der Waals surface area contributed by atoms with Gasteiger partial charge in [-0.15, -0.1) is 0 Å². The Morgan fingerprint density at radius 1 is 0.694 bits per heavy atom. The number of allylic oxidation sites excluding steroid dienone is 2. The molecule has 1 heterocycles. The quantitative estimate of drug-likeness (QED) is 0.100. The number of esters is 1. The van der Waals surface area contributed by atoms with Crippen molar-refractivity contribution in [3.8, 4) is 23.0 Å². The first kappa shape index (κ1) is 33.0. The first-order valence-corrected chi connectivity index (χ1v) is 14.2. The number of carboxylic acids is 1. The number of benzene rings is 4. The molecule has 0 aromatic heterocycles. The number of carbonyl (C=O) groups is 5. The minimum Gasteiger partial charge on any atom is -0.508 e. The van der Waals surface area contributed by atoms with Crippen LogP contribution < -0.4 is 10.6 Å². The molecule has 7 N–H and O–H groups in total. The van der Waals surface area contributed by atoms with Crippen molar-refractivity contribution in [2.45, 2.75) is 0 Å². The van der Waals surface area contributed by atoms with E-state index in [0.717, 1.165) is 29.2 Å². The molecule has 0 spiro atoms. The molecule has 3 amide bonds. The Balaban J connectivity index is 1.44. The number of hydrogen-bond acceptors (Lipinski definition) is 10. The van der Waals surface area contributed by atoms with Crippen LogP contribution in [0.15, 0.2) is 121 Å². The summed E-state index contributed by atoms with van der Waals surface area (Å²) in [5, 5.41) is 55.8. The van der Waals surface area contributed by atoms with Gasteiger partial charge in [-0.3, -0.25) is 14.5 Å². The Labute approximate surface area is 276 Å². The number of rotatable bonds is 8. The number of ketones is 1. The van der Waals surface area contributed by atoms with E-state index in [9.17, 15) is 49.5 Å². The van der Waals surface area contributed by atoms with E-state index in [1.165, 1.54) is 54.9 Å². The van der Waals surface area contributed by atoms with Gasteiger partial charge in [0.1, 0.15) is 34.3 Å². The molecule has 0 fully saturated rings. The highest BCUT2D eigenvalue weighted by atomic mass is 16.5. The maximum atomic E-state index is 13.3. The number of carboxylic acid groups (broad SMARTS) is 1. The Kier molecular flexibility index (Phi) is 9.41. The lowest BCUT2D eigenvalue weighted by Gasteiger charge is -2.18. The van der Waals surface area contributed by atoms with Crippen molar-refractivity contribution in [2.24, 2.45) is 0 Å². The van der Waals surface area contributed by atoms with Crippen molar-refractivity contribution in [2.75, 3.05) is 5.32 Å². The highest BCUT2D eigenvalue weighted by molar-refractivity contribution is 6.18. The van der Waals surface area contributed by atoms with Gasteiger partial charge in [-0.2, -0.15) is 0 Å². The third-order valence-corrected chi connectivity index (χ3v) is 6.93.